The average Bonchev–Trinajstić information content (AvgIpc) is 3.93. The molecule has 11 nitrogen and oxygen atoms in total. The van der Waals surface area contributed by atoms with Crippen LogP contribution in [-0.4, -0.2) is 71.4 Å². The van der Waals surface area contributed by atoms with Crippen molar-refractivity contribution in [3.05, 3.63) is 108 Å². The highest BCUT2D eigenvalue weighted by atomic mass is 35.5. The lowest BCUT2D eigenvalue weighted by atomic mass is 9.61. The van der Waals surface area contributed by atoms with E-state index in [0.29, 0.717) is 57.7 Å². The van der Waals surface area contributed by atoms with Crippen molar-refractivity contribution >= 4 is 62.7 Å². The van der Waals surface area contributed by atoms with Gasteiger partial charge in [0.2, 0.25) is 17.1 Å². The van der Waals surface area contributed by atoms with E-state index in [2.05, 4.69) is 27.4 Å². The second-order valence-corrected chi connectivity index (χ2v) is 17.4. The molecular weight excluding hydrogens is 772 g/mol. The Morgan fingerprint density at radius 1 is 1.07 bits per heavy atom. The summed E-state index contributed by atoms with van der Waals surface area (Å²) in [6.07, 6.45) is 4.51. The van der Waals surface area contributed by atoms with E-state index in [-0.39, 0.29) is 34.7 Å². The Hall–Kier alpha value is -4.24. The summed E-state index contributed by atoms with van der Waals surface area (Å²) in [5.41, 5.74) is 0.874. The van der Waals surface area contributed by atoms with E-state index < -0.39 is 11.6 Å². The number of H-pyrrole nitrogens is 1. The number of esters is 1. The number of aromatic hydroxyl groups is 1. The number of anilines is 1. The predicted molar refractivity (Wildman–Crippen MR) is 221 cm³/mol. The molecule has 0 bridgehead atoms. The van der Waals surface area contributed by atoms with Gasteiger partial charge in [-0.2, -0.15) is 0 Å². The molecule has 2 aliphatic rings. The van der Waals surface area contributed by atoms with E-state index >= 15 is 0 Å². The van der Waals surface area contributed by atoms with Gasteiger partial charge in [-0.15, -0.1) is 22.7 Å². The first-order valence-electron chi connectivity index (χ1n) is 18.9. The summed E-state index contributed by atoms with van der Waals surface area (Å²) in [4.78, 5) is 44.4. The highest BCUT2D eigenvalue weighted by Crippen LogP contribution is 2.51. The predicted octanol–water partition coefficient (Wildman–Crippen LogP) is 7.35. The summed E-state index contributed by atoms with van der Waals surface area (Å²) in [6, 6.07) is 17.4. The smallest absolute Gasteiger partial charge is 0.349 e. The number of hydrogen-bond acceptors (Lipinski definition) is 11. The topological polar surface area (TPSA) is 153 Å². The average molecular weight is 819 g/mol. The van der Waals surface area contributed by atoms with Crippen LogP contribution >= 0.6 is 34.3 Å². The first-order chi connectivity index (χ1) is 27.0. The molecule has 1 aliphatic heterocycles. The van der Waals surface area contributed by atoms with Gasteiger partial charge in [0.25, 0.3) is 0 Å². The third-order valence-electron chi connectivity index (χ3n) is 11.3. The van der Waals surface area contributed by atoms with E-state index in [9.17, 15) is 24.6 Å². The Balaban J connectivity index is 0.834. The molecule has 5 aromatic rings. The maximum atomic E-state index is 13.4. The number of pyridine rings is 1. The number of halogens is 1. The van der Waals surface area contributed by atoms with E-state index in [1.807, 2.05) is 29.0 Å². The minimum atomic E-state index is -1.78. The van der Waals surface area contributed by atoms with Crippen molar-refractivity contribution < 1.29 is 29.3 Å². The largest absolute Gasteiger partial charge is 0.506 e. The molecule has 2 fully saturated rings. The van der Waals surface area contributed by atoms with Gasteiger partial charge in [0, 0.05) is 42.6 Å². The molecule has 4 heterocycles. The van der Waals surface area contributed by atoms with Crippen LogP contribution in [0.4, 0.5) is 5.69 Å². The maximum absolute atomic E-state index is 13.4. The number of aromatic nitrogens is 1. The van der Waals surface area contributed by atoms with Gasteiger partial charge in [-0.05, 0) is 110 Å². The summed E-state index contributed by atoms with van der Waals surface area (Å²) >= 11 is 9.33. The van der Waals surface area contributed by atoms with Crippen molar-refractivity contribution in [1.82, 2.24) is 15.2 Å². The number of fused-ring (bicyclic) bond motifs is 1. The Bertz CT molecular complexity index is 2180. The summed E-state index contributed by atoms with van der Waals surface area (Å²) in [7, 11) is 1.58. The lowest BCUT2D eigenvalue weighted by molar-refractivity contribution is -0.181. The van der Waals surface area contributed by atoms with Crippen LogP contribution < -0.4 is 20.9 Å². The molecule has 7 rings (SSSR count). The quantitative estimate of drug-likeness (QED) is 0.0683. The van der Waals surface area contributed by atoms with Crippen LogP contribution in [0.5, 0.6) is 11.5 Å². The number of benzene rings is 2. The number of nitrogens with one attached hydrogen (secondary N) is 3. The number of phenolic OH excluding ortho intramolecular Hbond substituents is 1. The van der Waals surface area contributed by atoms with Gasteiger partial charge < -0.3 is 40.2 Å². The molecule has 1 amide bonds. The molecule has 1 aliphatic carbocycles. The fourth-order valence-corrected chi connectivity index (χ4v) is 10.0. The molecule has 0 radical (unpaired) electrons. The van der Waals surface area contributed by atoms with Crippen molar-refractivity contribution in [3.63, 3.8) is 0 Å². The van der Waals surface area contributed by atoms with E-state index in [0.717, 1.165) is 61.8 Å². The minimum absolute atomic E-state index is 0.0337. The number of piperidine rings is 1. The fourth-order valence-electron chi connectivity index (χ4n) is 8.09. The Morgan fingerprint density at radius 3 is 2.45 bits per heavy atom. The van der Waals surface area contributed by atoms with Gasteiger partial charge in [-0.1, -0.05) is 36.7 Å². The first kappa shape index (κ1) is 40.0. The van der Waals surface area contributed by atoms with Crippen LogP contribution in [-0.2, 0) is 26.5 Å². The van der Waals surface area contributed by atoms with Crippen LogP contribution in [0.1, 0.15) is 72.2 Å². The number of hydrogen-bond donors (Lipinski definition) is 5. The molecule has 5 N–H and O–H groups in total. The zero-order valence-electron chi connectivity index (χ0n) is 31.4. The number of nitrogens with zero attached hydrogens (tertiary/aromatic N) is 1. The molecule has 2 aromatic carbocycles. The van der Waals surface area contributed by atoms with Crippen molar-refractivity contribution in [2.45, 2.75) is 69.6 Å². The third-order valence-corrected chi connectivity index (χ3v) is 13.6. The number of ether oxygens (including phenoxy) is 2. The molecule has 1 spiro atoms. The van der Waals surface area contributed by atoms with Crippen molar-refractivity contribution in [1.29, 1.82) is 0 Å². The van der Waals surface area contributed by atoms with E-state index in [4.69, 9.17) is 21.1 Å². The Morgan fingerprint density at radius 2 is 1.79 bits per heavy atom. The van der Waals surface area contributed by atoms with Crippen LogP contribution in [0.15, 0.2) is 76.2 Å². The molecule has 1 saturated carbocycles. The second kappa shape index (κ2) is 17.1. The normalized spacial score (nSPS) is 16.4. The number of aromatic amines is 1. The number of phenols is 1. The monoisotopic (exact) mass is 818 g/mol. The molecule has 1 atom stereocenters. The van der Waals surface area contributed by atoms with Crippen LogP contribution in [0, 0.1) is 5.41 Å². The second-order valence-electron chi connectivity index (χ2n) is 15.1. The lowest BCUT2D eigenvalue weighted by Gasteiger charge is -2.51. The molecule has 1 saturated heterocycles. The summed E-state index contributed by atoms with van der Waals surface area (Å²) < 4.78 is 11.6. The van der Waals surface area contributed by atoms with E-state index in [1.165, 1.54) is 28.7 Å². The molecular formula is C42H47ClN4O7S2. The van der Waals surface area contributed by atoms with Crippen LogP contribution in [0.3, 0.4) is 0 Å². The highest BCUT2D eigenvalue weighted by molar-refractivity contribution is 7.12. The first-order valence-corrected chi connectivity index (χ1v) is 21.1. The van der Waals surface area contributed by atoms with Gasteiger partial charge in [-0.3, -0.25) is 9.59 Å². The van der Waals surface area contributed by atoms with E-state index in [1.54, 1.807) is 43.5 Å². The van der Waals surface area contributed by atoms with Crippen molar-refractivity contribution in [2.24, 2.45) is 5.41 Å². The highest BCUT2D eigenvalue weighted by Gasteiger charge is 2.51. The standard InChI is InChI=1S/C42H47ClN4O7S2/c1-26(29-9-11-33(48)39-30(29)10-12-38(50)46-39)24-44-25-27-20-31(43)32(21-34(27)53-2)45-37(49)8-3-15-47-16-13-41(14-17-47)22-28(23-41)54-40(51)42(52,35-6-4-18-55-35)36-7-5-19-56-36/h4-7,9-12,18-21,26,28,44,48,52H,3,8,13-17,22-25H2,1-2H3,(H,45,49)(H,46,50)/t26-/m0/s1. The van der Waals surface area contributed by atoms with Crippen molar-refractivity contribution in [3.8, 4) is 11.5 Å². The number of methoxy groups -OCH3 is 1. The number of rotatable bonds is 15. The van der Waals surface area contributed by atoms with Gasteiger partial charge >= 0.3 is 5.97 Å². The molecule has 0 unspecified atom stereocenters. The molecule has 56 heavy (non-hydrogen) atoms. The maximum Gasteiger partial charge on any atom is 0.349 e. The third kappa shape index (κ3) is 8.53. The number of carbonyl (C=O) groups is 2. The van der Waals surface area contributed by atoms with Gasteiger partial charge in [0.15, 0.2) is 0 Å². The number of likely N-dealkylation sites (tertiary alicyclic amines) is 1. The summed E-state index contributed by atoms with van der Waals surface area (Å²) in [5.74, 6) is -0.00720. The number of carbonyl (C=O) groups excluding carboxylic acids is 2. The molecule has 14 heteroatoms. The lowest BCUT2D eigenvalue weighted by Crippen LogP contribution is -2.52. The Labute approximate surface area is 338 Å². The summed E-state index contributed by atoms with van der Waals surface area (Å²) in [6.45, 7) is 5.84. The summed E-state index contributed by atoms with van der Waals surface area (Å²) in [5, 5.41) is 33.1. The van der Waals surface area contributed by atoms with Crippen LogP contribution in [0.25, 0.3) is 10.9 Å². The molecule has 3 aromatic heterocycles. The zero-order chi connectivity index (χ0) is 39.5. The zero-order valence-corrected chi connectivity index (χ0v) is 33.8. The van der Waals surface area contributed by atoms with Crippen molar-refractivity contribution in [2.75, 3.05) is 38.6 Å². The van der Waals surface area contributed by atoms with Gasteiger partial charge in [0.1, 0.15) is 17.6 Å². The van der Waals surface area contributed by atoms with Gasteiger partial charge in [-0.25, -0.2) is 4.79 Å². The number of amides is 1. The number of aliphatic hydroxyl groups is 1. The molecule has 296 valence electrons. The fraction of sp³-hybridized carbons (Fsp3) is 0.405. The minimum Gasteiger partial charge on any atom is -0.506 e. The Kier molecular flexibility index (Phi) is 12.2. The van der Waals surface area contributed by atoms with Crippen LogP contribution in [0.2, 0.25) is 5.02 Å². The number of thiophene rings is 2. The van der Waals surface area contributed by atoms with Gasteiger partial charge in [0.05, 0.1) is 33.1 Å². The SMILES string of the molecule is COc1cc(NC(=O)CCCN2CCC3(CC2)CC(OC(=O)C(O)(c2cccs2)c2cccs2)C3)c(Cl)cc1CNC[C@H](C)c1ccc(O)c2[nH]c(=O)ccc12.